The number of ether oxygens (including phenoxy) is 1. The lowest BCUT2D eigenvalue weighted by Gasteiger charge is -2.56. The van der Waals surface area contributed by atoms with E-state index in [1.54, 1.807) is 7.11 Å². The van der Waals surface area contributed by atoms with Gasteiger partial charge in [0.2, 0.25) is 0 Å². The quantitative estimate of drug-likeness (QED) is 0.288. The fourth-order valence-corrected chi connectivity index (χ4v) is 7.95. The third kappa shape index (κ3) is 2.44. The first kappa shape index (κ1) is 20.0. The maximum absolute atomic E-state index is 12.2. The molecule has 1 saturated heterocycles. The number of nitrogens with zero attached hydrogens (tertiary/aromatic N) is 1. The summed E-state index contributed by atoms with van der Waals surface area (Å²) in [7, 11) is 1.58. The van der Waals surface area contributed by atoms with Gasteiger partial charge in [-0.1, -0.05) is 43.1 Å². The summed E-state index contributed by atoms with van der Waals surface area (Å²) >= 11 is 0. The molecule has 5 rings (SSSR count). The highest BCUT2D eigenvalue weighted by Gasteiger charge is 2.69. The number of rotatable bonds is 2. The van der Waals surface area contributed by atoms with Crippen LogP contribution in [0.15, 0.2) is 28.5 Å². The maximum Gasteiger partial charge on any atom is 0.306 e. The fraction of sp³-hybridized carbons (Fsp3) is 0.720. The summed E-state index contributed by atoms with van der Waals surface area (Å²) < 4.78 is 6.15. The molecule has 0 aromatic heterocycles. The molecule has 0 bridgehead atoms. The Hall–Kier alpha value is -1.91. The first-order chi connectivity index (χ1) is 14.2. The molecule has 5 heteroatoms. The Kier molecular flexibility index (Phi) is 4.37. The Labute approximate surface area is 178 Å². The van der Waals surface area contributed by atoms with Crippen molar-refractivity contribution in [1.82, 2.24) is 0 Å². The minimum Gasteiger partial charge on any atom is -0.458 e. The van der Waals surface area contributed by atoms with Gasteiger partial charge in [0, 0.05) is 35.8 Å². The molecule has 1 spiro atoms. The molecule has 1 aliphatic heterocycles. The van der Waals surface area contributed by atoms with Crippen LogP contribution in [0.3, 0.4) is 0 Å². The molecule has 5 aliphatic rings. The molecule has 0 N–H and O–H groups in total. The molecular formula is C25H33NO4. The highest BCUT2D eigenvalue weighted by Crippen LogP contribution is 2.70. The summed E-state index contributed by atoms with van der Waals surface area (Å²) in [6, 6.07) is 0. The number of hydrogen-bond donors (Lipinski definition) is 0. The van der Waals surface area contributed by atoms with Crippen molar-refractivity contribution in [3.8, 4) is 0 Å². The number of carbonyl (C=O) groups is 2. The third-order valence-electron chi connectivity index (χ3n) is 9.55. The Bertz CT molecular complexity index is 888. The first-order valence-corrected chi connectivity index (χ1v) is 11.5. The number of carbonyl (C=O) groups excluding carboxylic acids is 2. The zero-order valence-corrected chi connectivity index (χ0v) is 18.6. The minimum absolute atomic E-state index is 0.0390. The summed E-state index contributed by atoms with van der Waals surface area (Å²) in [5.74, 6) is 1.54. The second kappa shape index (κ2) is 6.54. The smallest absolute Gasteiger partial charge is 0.306 e. The average molecular weight is 412 g/mol. The van der Waals surface area contributed by atoms with Crippen LogP contribution >= 0.6 is 0 Å². The van der Waals surface area contributed by atoms with Gasteiger partial charge in [-0.15, -0.1) is 0 Å². The molecule has 162 valence electrons. The molecule has 0 aromatic carbocycles. The number of esters is 1. The highest BCUT2D eigenvalue weighted by atomic mass is 16.6. The molecule has 0 amide bonds. The van der Waals surface area contributed by atoms with Crippen LogP contribution in [-0.2, 0) is 19.2 Å². The van der Waals surface area contributed by atoms with E-state index in [9.17, 15) is 9.59 Å². The van der Waals surface area contributed by atoms with Gasteiger partial charge in [0.15, 0.2) is 5.78 Å². The number of allylic oxidation sites excluding steroid dienone is 4. The van der Waals surface area contributed by atoms with E-state index in [4.69, 9.17) is 9.57 Å². The standard InChI is InChI=1S/C25H33NO4/c1-15-11-20-22-16(14-26-29-4)12-17-13-18(27)5-8-23(17,2)19(22)6-9-24(20,3)25(15)10-7-21(28)30-25/h6,13-16,20,22H,5,7-12H2,1-4H3/b26-14+. The predicted molar refractivity (Wildman–Crippen MR) is 114 cm³/mol. The van der Waals surface area contributed by atoms with E-state index in [2.05, 4.69) is 32.0 Å². The van der Waals surface area contributed by atoms with E-state index < -0.39 is 0 Å². The topological polar surface area (TPSA) is 65.0 Å². The zero-order chi connectivity index (χ0) is 21.3. The van der Waals surface area contributed by atoms with Gasteiger partial charge in [-0.3, -0.25) is 9.59 Å². The second-order valence-electron chi connectivity index (χ2n) is 10.7. The predicted octanol–water partition coefficient (Wildman–Crippen LogP) is 4.62. The van der Waals surface area contributed by atoms with E-state index in [1.807, 2.05) is 12.3 Å². The molecule has 4 aliphatic carbocycles. The summed E-state index contributed by atoms with van der Waals surface area (Å²) in [4.78, 5) is 29.5. The van der Waals surface area contributed by atoms with Gasteiger partial charge >= 0.3 is 5.97 Å². The fourth-order valence-electron chi connectivity index (χ4n) is 7.95. The zero-order valence-electron chi connectivity index (χ0n) is 18.6. The summed E-state index contributed by atoms with van der Waals surface area (Å²) in [5.41, 5.74) is 2.29. The number of hydrogen-bond acceptors (Lipinski definition) is 5. The molecule has 7 atom stereocenters. The van der Waals surface area contributed by atoms with E-state index >= 15 is 0 Å². The van der Waals surface area contributed by atoms with Gasteiger partial charge in [-0.05, 0) is 55.9 Å². The lowest BCUT2D eigenvalue weighted by Crippen LogP contribution is -2.54. The van der Waals surface area contributed by atoms with Gasteiger partial charge in [0.25, 0.3) is 0 Å². The van der Waals surface area contributed by atoms with Crippen molar-refractivity contribution in [2.24, 2.45) is 39.7 Å². The second-order valence-corrected chi connectivity index (χ2v) is 10.7. The van der Waals surface area contributed by atoms with Gasteiger partial charge in [0.1, 0.15) is 12.7 Å². The van der Waals surface area contributed by atoms with Gasteiger partial charge in [-0.25, -0.2) is 0 Å². The van der Waals surface area contributed by atoms with Gasteiger partial charge in [0.05, 0.1) is 0 Å². The SMILES string of the molecule is CO/N=C/C1CC2=CC(=O)CCC2(C)C2=CCC3(C)C(CC(C)C34CCC(=O)O4)C21. The molecule has 7 unspecified atom stereocenters. The van der Waals surface area contributed by atoms with Crippen molar-refractivity contribution >= 4 is 18.0 Å². The minimum atomic E-state index is -0.348. The van der Waals surface area contributed by atoms with Crippen LogP contribution in [-0.4, -0.2) is 30.7 Å². The highest BCUT2D eigenvalue weighted by molar-refractivity contribution is 5.92. The lowest BCUT2D eigenvalue weighted by atomic mass is 9.48. The summed E-state index contributed by atoms with van der Waals surface area (Å²) in [6.45, 7) is 6.96. The summed E-state index contributed by atoms with van der Waals surface area (Å²) in [6.07, 6.45) is 12.1. The Balaban J connectivity index is 1.63. The molecule has 0 radical (unpaired) electrons. The van der Waals surface area contributed by atoms with Crippen LogP contribution in [0.25, 0.3) is 0 Å². The van der Waals surface area contributed by atoms with Crippen molar-refractivity contribution < 1.29 is 19.2 Å². The van der Waals surface area contributed by atoms with E-state index in [-0.39, 0.29) is 34.1 Å². The van der Waals surface area contributed by atoms with Gasteiger partial charge in [-0.2, -0.15) is 0 Å². The van der Waals surface area contributed by atoms with Crippen LogP contribution in [0.5, 0.6) is 0 Å². The molecule has 1 heterocycles. The first-order valence-electron chi connectivity index (χ1n) is 11.5. The lowest BCUT2D eigenvalue weighted by molar-refractivity contribution is -0.165. The number of fused-ring (bicyclic) bond motifs is 6. The molecule has 30 heavy (non-hydrogen) atoms. The van der Waals surface area contributed by atoms with E-state index in [1.165, 1.54) is 11.1 Å². The number of oxime groups is 1. The Morgan fingerprint density at radius 3 is 2.73 bits per heavy atom. The normalized spacial score (nSPS) is 47.5. The van der Waals surface area contributed by atoms with Crippen molar-refractivity contribution in [2.45, 2.75) is 71.3 Å². The molecule has 2 saturated carbocycles. The van der Waals surface area contributed by atoms with Crippen LogP contribution in [0.1, 0.15) is 65.7 Å². The average Bonchev–Trinajstić information content (AvgIpc) is 3.21. The third-order valence-corrected chi connectivity index (χ3v) is 9.55. The molecule has 0 aromatic rings. The maximum atomic E-state index is 12.2. The van der Waals surface area contributed by atoms with Crippen LogP contribution < -0.4 is 0 Å². The van der Waals surface area contributed by atoms with Crippen molar-refractivity contribution in [3.63, 3.8) is 0 Å². The van der Waals surface area contributed by atoms with Crippen molar-refractivity contribution in [3.05, 3.63) is 23.3 Å². The van der Waals surface area contributed by atoms with Gasteiger partial charge < -0.3 is 9.57 Å². The Morgan fingerprint density at radius 1 is 1.23 bits per heavy atom. The van der Waals surface area contributed by atoms with Crippen molar-refractivity contribution in [2.75, 3.05) is 7.11 Å². The molecule has 3 fully saturated rings. The molecular weight excluding hydrogens is 378 g/mol. The molecule has 5 nitrogen and oxygen atoms in total. The van der Waals surface area contributed by atoms with E-state index in [0.717, 1.165) is 32.1 Å². The largest absolute Gasteiger partial charge is 0.458 e. The van der Waals surface area contributed by atoms with Crippen molar-refractivity contribution in [1.29, 1.82) is 0 Å². The number of ketones is 1. The van der Waals surface area contributed by atoms with Crippen LogP contribution in [0.2, 0.25) is 0 Å². The summed E-state index contributed by atoms with van der Waals surface area (Å²) in [5, 5.41) is 4.17. The van der Waals surface area contributed by atoms with Crippen LogP contribution in [0, 0.1) is 34.5 Å². The van der Waals surface area contributed by atoms with E-state index in [0.29, 0.717) is 30.6 Å². The Morgan fingerprint density at radius 2 is 2.03 bits per heavy atom. The monoisotopic (exact) mass is 411 g/mol. The van der Waals surface area contributed by atoms with Crippen LogP contribution in [0.4, 0.5) is 0 Å².